The van der Waals surface area contributed by atoms with Gasteiger partial charge in [0.15, 0.2) is 0 Å². The predicted octanol–water partition coefficient (Wildman–Crippen LogP) is 5.24. The van der Waals surface area contributed by atoms with E-state index in [1.54, 1.807) is 0 Å². The van der Waals surface area contributed by atoms with Crippen molar-refractivity contribution >= 4 is 31.9 Å². The molecule has 0 nitrogen and oxygen atoms in total. The number of rotatable bonds is 2. The van der Waals surface area contributed by atoms with Crippen LogP contribution >= 0.6 is 31.9 Å². The maximum absolute atomic E-state index is 3.74. The Hall–Kier alpha value is -0.600. The van der Waals surface area contributed by atoms with E-state index in [1.165, 1.54) is 16.7 Å². The molecule has 0 aromatic heterocycles. The second-order valence-corrected chi connectivity index (χ2v) is 5.55. The number of benzene rings is 2. The van der Waals surface area contributed by atoms with Gasteiger partial charge in [-0.15, -0.1) is 0 Å². The lowest BCUT2D eigenvalue weighted by Gasteiger charge is -2.12. The number of alkyl halides is 1. The van der Waals surface area contributed by atoms with Gasteiger partial charge in [-0.25, -0.2) is 0 Å². The molecule has 2 aromatic carbocycles. The SMILES string of the molecule is Cc1cc(C(Br)c2ccccc2)ccc1Br. The van der Waals surface area contributed by atoms with Crippen molar-refractivity contribution in [2.24, 2.45) is 0 Å². The topological polar surface area (TPSA) is 0 Å². The van der Waals surface area contributed by atoms with E-state index in [2.05, 4.69) is 81.2 Å². The molecule has 2 heteroatoms. The lowest BCUT2D eigenvalue weighted by molar-refractivity contribution is 1.16. The minimum absolute atomic E-state index is 0.264. The number of aryl methyl sites for hydroxylation is 1. The van der Waals surface area contributed by atoms with Gasteiger partial charge in [-0.3, -0.25) is 0 Å². The van der Waals surface area contributed by atoms with E-state index in [0.29, 0.717) is 0 Å². The Labute approximate surface area is 113 Å². The van der Waals surface area contributed by atoms with Crippen LogP contribution in [0.5, 0.6) is 0 Å². The molecule has 0 N–H and O–H groups in total. The lowest BCUT2D eigenvalue weighted by atomic mass is 10.0. The van der Waals surface area contributed by atoms with E-state index in [9.17, 15) is 0 Å². The zero-order chi connectivity index (χ0) is 11.5. The first kappa shape index (κ1) is 11.9. The van der Waals surface area contributed by atoms with Gasteiger partial charge in [0.1, 0.15) is 0 Å². The normalized spacial score (nSPS) is 12.4. The third-order valence-corrected chi connectivity index (χ3v) is 4.51. The van der Waals surface area contributed by atoms with Crippen molar-refractivity contribution in [2.75, 3.05) is 0 Å². The largest absolute Gasteiger partial charge is 0.0786 e. The summed E-state index contributed by atoms with van der Waals surface area (Å²) in [6, 6.07) is 16.9. The van der Waals surface area contributed by atoms with Gasteiger partial charge in [-0.1, -0.05) is 74.3 Å². The summed E-state index contributed by atoms with van der Waals surface area (Å²) in [4.78, 5) is 0.264. The van der Waals surface area contributed by atoms with Crippen molar-refractivity contribution in [3.05, 3.63) is 69.7 Å². The van der Waals surface area contributed by atoms with Crippen LogP contribution in [0.2, 0.25) is 0 Å². The van der Waals surface area contributed by atoms with Crippen LogP contribution in [0.1, 0.15) is 21.5 Å². The fourth-order valence-electron chi connectivity index (χ4n) is 1.64. The highest BCUT2D eigenvalue weighted by atomic mass is 79.9. The van der Waals surface area contributed by atoms with Crippen LogP contribution in [0.3, 0.4) is 0 Å². The summed E-state index contributed by atoms with van der Waals surface area (Å²) in [5.41, 5.74) is 3.83. The lowest BCUT2D eigenvalue weighted by Crippen LogP contribution is -1.93. The molecule has 1 atom stereocenters. The highest BCUT2D eigenvalue weighted by molar-refractivity contribution is 9.10. The predicted molar refractivity (Wildman–Crippen MR) is 76.1 cm³/mol. The van der Waals surface area contributed by atoms with Gasteiger partial charge in [0.25, 0.3) is 0 Å². The van der Waals surface area contributed by atoms with Gasteiger partial charge >= 0.3 is 0 Å². The van der Waals surface area contributed by atoms with Crippen molar-refractivity contribution in [3.63, 3.8) is 0 Å². The van der Waals surface area contributed by atoms with E-state index < -0.39 is 0 Å². The quantitative estimate of drug-likeness (QED) is 0.656. The molecule has 0 aliphatic rings. The van der Waals surface area contributed by atoms with Crippen molar-refractivity contribution in [1.29, 1.82) is 0 Å². The van der Waals surface area contributed by atoms with E-state index in [-0.39, 0.29) is 4.83 Å². The minimum atomic E-state index is 0.264. The summed E-state index contributed by atoms with van der Waals surface area (Å²) in [5.74, 6) is 0. The molecule has 0 heterocycles. The van der Waals surface area contributed by atoms with Gasteiger partial charge in [0.05, 0.1) is 4.83 Å². The molecule has 0 bridgehead atoms. The average Bonchev–Trinajstić information content (AvgIpc) is 2.33. The summed E-state index contributed by atoms with van der Waals surface area (Å²) < 4.78 is 1.16. The van der Waals surface area contributed by atoms with Crippen LogP contribution in [-0.4, -0.2) is 0 Å². The van der Waals surface area contributed by atoms with Crippen molar-refractivity contribution in [1.82, 2.24) is 0 Å². The molecule has 2 rings (SSSR count). The Bertz CT molecular complexity index is 477. The molecule has 0 aliphatic heterocycles. The smallest absolute Gasteiger partial charge is 0.0644 e. The molecule has 82 valence electrons. The summed E-state index contributed by atoms with van der Waals surface area (Å²) in [6.45, 7) is 2.11. The third-order valence-electron chi connectivity index (χ3n) is 2.57. The number of hydrogen-bond acceptors (Lipinski definition) is 0. The summed E-state index contributed by atoms with van der Waals surface area (Å²) in [7, 11) is 0. The Morgan fingerprint density at radius 2 is 1.62 bits per heavy atom. The number of halogens is 2. The monoisotopic (exact) mass is 338 g/mol. The summed E-state index contributed by atoms with van der Waals surface area (Å²) in [5, 5.41) is 0. The molecule has 2 aromatic rings. The van der Waals surface area contributed by atoms with E-state index in [1.807, 2.05) is 6.07 Å². The summed E-state index contributed by atoms with van der Waals surface area (Å²) in [6.07, 6.45) is 0. The molecule has 0 saturated carbocycles. The van der Waals surface area contributed by atoms with E-state index in [0.717, 1.165) is 4.47 Å². The molecule has 1 unspecified atom stereocenters. The Balaban J connectivity index is 2.34. The molecule has 16 heavy (non-hydrogen) atoms. The molecule has 0 aliphatic carbocycles. The standard InChI is InChI=1S/C14H12Br2/c1-10-9-12(7-8-13(10)15)14(16)11-5-3-2-4-6-11/h2-9,14H,1H3. The van der Waals surface area contributed by atoms with Gasteiger partial charge in [0, 0.05) is 4.47 Å². The molecule has 0 fully saturated rings. The molecule has 0 radical (unpaired) electrons. The Morgan fingerprint density at radius 1 is 0.938 bits per heavy atom. The van der Waals surface area contributed by atoms with Crippen LogP contribution in [-0.2, 0) is 0 Å². The maximum atomic E-state index is 3.74. The van der Waals surface area contributed by atoms with Crippen molar-refractivity contribution in [3.8, 4) is 0 Å². The highest BCUT2D eigenvalue weighted by Crippen LogP contribution is 2.32. The van der Waals surface area contributed by atoms with E-state index in [4.69, 9.17) is 0 Å². The van der Waals surface area contributed by atoms with Gasteiger partial charge in [-0.05, 0) is 29.7 Å². The first-order valence-corrected chi connectivity index (χ1v) is 6.84. The zero-order valence-corrected chi connectivity index (χ0v) is 12.1. The van der Waals surface area contributed by atoms with Crippen molar-refractivity contribution in [2.45, 2.75) is 11.8 Å². The highest BCUT2D eigenvalue weighted by Gasteiger charge is 2.10. The zero-order valence-electron chi connectivity index (χ0n) is 8.95. The average molecular weight is 340 g/mol. The van der Waals surface area contributed by atoms with Crippen LogP contribution < -0.4 is 0 Å². The Morgan fingerprint density at radius 3 is 2.25 bits per heavy atom. The molecular formula is C14H12Br2. The second kappa shape index (κ2) is 5.15. The second-order valence-electron chi connectivity index (χ2n) is 3.78. The van der Waals surface area contributed by atoms with E-state index >= 15 is 0 Å². The molecular weight excluding hydrogens is 328 g/mol. The first-order chi connectivity index (χ1) is 7.68. The first-order valence-electron chi connectivity index (χ1n) is 5.13. The minimum Gasteiger partial charge on any atom is -0.0786 e. The van der Waals surface area contributed by atoms with Crippen molar-refractivity contribution < 1.29 is 0 Å². The van der Waals surface area contributed by atoms with Crippen LogP contribution in [0.25, 0.3) is 0 Å². The van der Waals surface area contributed by atoms with Crippen LogP contribution in [0.4, 0.5) is 0 Å². The van der Waals surface area contributed by atoms with Crippen LogP contribution in [0.15, 0.2) is 53.0 Å². The maximum Gasteiger partial charge on any atom is 0.0644 e. The fraction of sp³-hybridized carbons (Fsp3) is 0.143. The third kappa shape index (κ3) is 2.55. The summed E-state index contributed by atoms with van der Waals surface area (Å²) >= 11 is 7.26. The van der Waals surface area contributed by atoms with Crippen LogP contribution in [0, 0.1) is 6.92 Å². The van der Waals surface area contributed by atoms with Gasteiger partial charge in [-0.2, -0.15) is 0 Å². The molecule has 0 saturated heterocycles. The fourth-order valence-corrected chi connectivity index (χ4v) is 2.48. The Kier molecular flexibility index (Phi) is 3.82. The van der Waals surface area contributed by atoms with Gasteiger partial charge in [0.2, 0.25) is 0 Å². The molecule has 0 amide bonds. The molecule has 0 spiro atoms. The number of hydrogen-bond donors (Lipinski definition) is 0. The van der Waals surface area contributed by atoms with Gasteiger partial charge < -0.3 is 0 Å².